The second-order valence-electron chi connectivity index (χ2n) is 5.37. The SMILES string of the molecule is COc1ccc(/C=N/n2c(C(F)F)n[nH]c2=S)cc1COCC(F)(F)C(F)F. The Morgan fingerprint density at radius 1 is 1.32 bits per heavy atom. The minimum atomic E-state index is -4.28. The van der Waals surface area contributed by atoms with Gasteiger partial charge in [-0.15, -0.1) is 0 Å². The molecule has 0 spiro atoms. The number of aromatic nitrogens is 3. The molecule has 0 radical (unpaired) electrons. The molecule has 13 heteroatoms. The summed E-state index contributed by atoms with van der Waals surface area (Å²) >= 11 is 4.81. The van der Waals surface area contributed by atoms with Crippen molar-refractivity contribution in [1.29, 1.82) is 0 Å². The Kier molecular flexibility index (Phi) is 7.18. The largest absolute Gasteiger partial charge is 0.496 e. The Morgan fingerprint density at radius 2 is 2.04 bits per heavy atom. The van der Waals surface area contributed by atoms with E-state index in [2.05, 4.69) is 20.0 Å². The monoisotopic (exact) mass is 428 g/mol. The number of hydrogen-bond donors (Lipinski definition) is 1. The van der Waals surface area contributed by atoms with Crippen molar-refractivity contribution in [2.24, 2.45) is 5.10 Å². The van der Waals surface area contributed by atoms with Gasteiger partial charge in [-0.1, -0.05) is 0 Å². The lowest BCUT2D eigenvalue weighted by Gasteiger charge is -2.16. The molecule has 28 heavy (non-hydrogen) atoms. The molecule has 0 atom stereocenters. The highest BCUT2D eigenvalue weighted by atomic mass is 32.1. The zero-order valence-corrected chi connectivity index (χ0v) is 15.0. The van der Waals surface area contributed by atoms with Gasteiger partial charge in [-0.2, -0.15) is 23.7 Å². The van der Waals surface area contributed by atoms with E-state index in [4.69, 9.17) is 17.0 Å². The summed E-state index contributed by atoms with van der Waals surface area (Å²) in [5, 5.41) is 9.35. The average molecular weight is 428 g/mol. The minimum Gasteiger partial charge on any atom is -0.496 e. The minimum absolute atomic E-state index is 0.155. The summed E-state index contributed by atoms with van der Waals surface area (Å²) in [6, 6.07) is 4.37. The molecular formula is C15H14F6N4O2S. The lowest BCUT2D eigenvalue weighted by Crippen LogP contribution is -2.32. The van der Waals surface area contributed by atoms with Crippen LogP contribution >= 0.6 is 12.2 Å². The first kappa shape index (κ1) is 21.9. The first-order valence-corrected chi connectivity index (χ1v) is 7.97. The van der Waals surface area contributed by atoms with E-state index in [1.54, 1.807) is 0 Å². The fourth-order valence-corrected chi connectivity index (χ4v) is 2.22. The van der Waals surface area contributed by atoms with Crippen LogP contribution in [-0.2, 0) is 11.3 Å². The van der Waals surface area contributed by atoms with Crippen molar-refractivity contribution in [3.05, 3.63) is 39.9 Å². The molecule has 0 bridgehead atoms. The summed E-state index contributed by atoms with van der Waals surface area (Å²) in [7, 11) is 1.32. The van der Waals surface area contributed by atoms with Crippen molar-refractivity contribution in [3.63, 3.8) is 0 Å². The van der Waals surface area contributed by atoms with Crippen LogP contribution in [0.4, 0.5) is 26.3 Å². The molecule has 154 valence electrons. The van der Waals surface area contributed by atoms with Crippen molar-refractivity contribution in [2.45, 2.75) is 25.4 Å². The van der Waals surface area contributed by atoms with E-state index in [1.165, 1.54) is 31.5 Å². The van der Waals surface area contributed by atoms with Gasteiger partial charge in [0.1, 0.15) is 12.4 Å². The van der Waals surface area contributed by atoms with E-state index in [0.29, 0.717) is 5.56 Å². The van der Waals surface area contributed by atoms with Crippen LogP contribution in [0, 0.1) is 4.77 Å². The average Bonchev–Trinajstić information content (AvgIpc) is 3.00. The van der Waals surface area contributed by atoms with Gasteiger partial charge in [-0.25, -0.2) is 22.7 Å². The standard InChI is InChI=1S/C15H14F6N4O2S/c1-26-10-3-2-8(4-9(10)6-27-7-15(20,21)13(18)19)5-22-25-12(11(16)17)23-24-14(25)28/h2-5,11,13H,6-7H2,1H3,(H,24,28)/b22-5+. The van der Waals surface area contributed by atoms with Crippen LogP contribution in [0.3, 0.4) is 0 Å². The zero-order chi connectivity index (χ0) is 20.9. The van der Waals surface area contributed by atoms with E-state index in [0.717, 1.165) is 4.68 Å². The summed E-state index contributed by atoms with van der Waals surface area (Å²) < 4.78 is 86.2. The number of aromatic amines is 1. The third-order valence-electron chi connectivity index (χ3n) is 3.37. The summed E-state index contributed by atoms with van der Waals surface area (Å²) in [5.74, 6) is -4.71. The van der Waals surface area contributed by atoms with Crippen LogP contribution in [0.15, 0.2) is 23.3 Å². The Bertz CT molecular complexity index is 884. The molecule has 0 unspecified atom stereocenters. The van der Waals surface area contributed by atoms with Gasteiger partial charge in [0.05, 0.1) is 19.9 Å². The van der Waals surface area contributed by atoms with Gasteiger partial charge in [0.15, 0.2) is 0 Å². The van der Waals surface area contributed by atoms with Gasteiger partial charge in [0.25, 0.3) is 6.43 Å². The lowest BCUT2D eigenvalue weighted by molar-refractivity contribution is -0.168. The van der Waals surface area contributed by atoms with Crippen LogP contribution < -0.4 is 4.74 Å². The number of nitrogens with one attached hydrogen (secondary N) is 1. The first-order valence-electron chi connectivity index (χ1n) is 7.56. The smallest absolute Gasteiger partial charge is 0.330 e. The first-order chi connectivity index (χ1) is 13.2. The molecule has 0 amide bonds. The Balaban J connectivity index is 2.18. The fraction of sp³-hybridized carbons (Fsp3) is 0.400. The molecule has 0 saturated heterocycles. The van der Waals surface area contributed by atoms with Crippen molar-refractivity contribution >= 4 is 18.4 Å². The predicted molar refractivity (Wildman–Crippen MR) is 89.0 cm³/mol. The van der Waals surface area contributed by atoms with Crippen molar-refractivity contribution in [3.8, 4) is 5.75 Å². The second-order valence-corrected chi connectivity index (χ2v) is 5.76. The molecule has 0 aliphatic heterocycles. The van der Waals surface area contributed by atoms with E-state index in [1.807, 2.05) is 0 Å². The number of hydrogen-bond acceptors (Lipinski definition) is 5. The predicted octanol–water partition coefficient (Wildman–Crippen LogP) is 4.19. The van der Waals surface area contributed by atoms with Crippen molar-refractivity contribution in [2.75, 3.05) is 13.7 Å². The van der Waals surface area contributed by atoms with E-state index in [9.17, 15) is 26.3 Å². The summed E-state index contributed by atoms with van der Waals surface area (Å²) in [6.45, 7) is -1.92. The maximum absolute atomic E-state index is 12.9. The number of halogens is 6. The Labute approximate surface area is 159 Å². The molecule has 1 aromatic heterocycles. The Morgan fingerprint density at radius 3 is 2.64 bits per heavy atom. The number of benzene rings is 1. The Hall–Kier alpha value is -2.41. The van der Waals surface area contributed by atoms with E-state index in [-0.39, 0.29) is 16.1 Å². The van der Waals surface area contributed by atoms with Gasteiger partial charge in [0, 0.05) is 5.56 Å². The molecule has 1 heterocycles. The van der Waals surface area contributed by atoms with Crippen LogP contribution in [-0.4, -0.2) is 47.2 Å². The van der Waals surface area contributed by atoms with Crippen LogP contribution in [0.2, 0.25) is 0 Å². The number of alkyl halides is 6. The molecule has 0 aliphatic carbocycles. The molecule has 2 aromatic rings. The topological polar surface area (TPSA) is 64.4 Å². The molecule has 1 N–H and O–H groups in total. The van der Waals surface area contributed by atoms with Gasteiger partial charge < -0.3 is 9.47 Å². The van der Waals surface area contributed by atoms with Gasteiger partial charge in [0.2, 0.25) is 10.6 Å². The summed E-state index contributed by atoms with van der Waals surface area (Å²) in [6.07, 6.45) is -5.59. The number of methoxy groups -OCH3 is 1. The fourth-order valence-electron chi connectivity index (χ4n) is 2.03. The number of nitrogens with zero attached hydrogens (tertiary/aromatic N) is 3. The molecular weight excluding hydrogens is 414 g/mol. The molecule has 0 fully saturated rings. The van der Waals surface area contributed by atoms with E-state index < -0.39 is 37.8 Å². The van der Waals surface area contributed by atoms with Crippen LogP contribution in [0.25, 0.3) is 0 Å². The van der Waals surface area contributed by atoms with E-state index >= 15 is 0 Å². The third-order valence-corrected chi connectivity index (χ3v) is 3.63. The molecule has 0 aliphatic rings. The lowest BCUT2D eigenvalue weighted by atomic mass is 10.1. The quantitative estimate of drug-likeness (QED) is 0.370. The van der Waals surface area contributed by atoms with Crippen molar-refractivity contribution < 1.29 is 35.8 Å². The molecule has 2 rings (SSSR count). The molecule has 6 nitrogen and oxygen atoms in total. The van der Waals surface area contributed by atoms with Crippen LogP contribution in [0.5, 0.6) is 5.75 Å². The third kappa shape index (κ3) is 5.32. The number of ether oxygens (including phenoxy) is 2. The van der Waals surface area contributed by atoms with Crippen molar-refractivity contribution in [1.82, 2.24) is 14.9 Å². The molecule has 0 saturated carbocycles. The number of H-pyrrole nitrogens is 1. The highest BCUT2D eigenvalue weighted by Gasteiger charge is 2.41. The maximum Gasteiger partial charge on any atom is 0.330 e. The van der Waals surface area contributed by atoms with Gasteiger partial charge in [-0.05, 0) is 36.0 Å². The zero-order valence-electron chi connectivity index (χ0n) is 14.2. The highest BCUT2D eigenvalue weighted by molar-refractivity contribution is 7.71. The normalized spacial score (nSPS) is 12.5. The van der Waals surface area contributed by atoms with Gasteiger partial charge >= 0.3 is 12.3 Å². The number of rotatable bonds is 9. The second kappa shape index (κ2) is 9.19. The maximum atomic E-state index is 12.9. The van der Waals surface area contributed by atoms with Gasteiger partial charge in [-0.3, -0.25) is 0 Å². The molecule has 1 aromatic carbocycles. The summed E-state index contributed by atoms with van der Waals surface area (Å²) in [5.41, 5.74) is 0.629. The summed E-state index contributed by atoms with van der Waals surface area (Å²) in [4.78, 5) is 0. The van der Waals surface area contributed by atoms with Crippen LogP contribution in [0.1, 0.15) is 23.4 Å². The highest BCUT2D eigenvalue weighted by Crippen LogP contribution is 2.25.